The summed E-state index contributed by atoms with van der Waals surface area (Å²) in [6, 6.07) is 14.0. The Balaban J connectivity index is 1.38. The minimum atomic E-state index is -0.555. The van der Waals surface area contributed by atoms with Gasteiger partial charge in [-0.3, -0.25) is 4.79 Å². The van der Waals surface area contributed by atoms with E-state index >= 15 is 0 Å². The van der Waals surface area contributed by atoms with Crippen LogP contribution in [0.1, 0.15) is 37.8 Å². The number of carbonyl (C=O) groups excluding carboxylic acids is 1. The normalized spacial score (nSPS) is 18.9. The molecule has 0 aromatic heterocycles. The van der Waals surface area contributed by atoms with Crippen LogP contribution in [0.4, 0.5) is 0 Å². The molecule has 0 atom stereocenters. The van der Waals surface area contributed by atoms with Crippen LogP contribution in [0.5, 0.6) is 11.5 Å². The molecule has 2 heterocycles. The number of hydrogen-bond donors (Lipinski definition) is 1. The molecule has 0 saturated carbocycles. The van der Waals surface area contributed by atoms with E-state index in [-0.39, 0.29) is 11.5 Å². The average Bonchev–Trinajstić information content (AvgIpc) is 3.06. The van der Waals surface area contributed by atoms with Crippen molar-refractivity contribution in [3.63, 3.8) is 0 Å². The lowest BCUT2D eigenvalue weighted by Crippen LogP contribution is -2.48. The molecule has 0 aliphatic carbocycles. The average molecular weight is 474 g/mol. The van der Waals surface area contributed by atoms with E-state index in [0.29, 0.717) is 39.2 Å². The van der Waals surface area contributed by atoms with Gasteiger partial charge in [0.15, 0.2) is 11.5 Å². The second-order valence-electron chi connectivity index (χ2n) is 8.59. The smallest absolute Gasteiger partial charge is 0.230 e. The molecule has 2 aromatic rings. The lowest BCUT2D eigenvalue weighted by atomic mass is 9.73. The maximum atomic E-state index is 13.2. The summed E-state index contributed by atoms with van der Waals surface area (Å²) in [5.74, 6) is 1.60. The predicted molar refractivity (Wildman–Crippen MR) is 119 cm³/mol. The summed E-state index contributed by atoms with van der Waals surface area (Å²) >= 11 is 3.47. The van der Waals surface area contributed by atoms with Crippen LogP contribution in [-0.2, 0) is 21.4 Å². The summed E-state index contributed by atoms with van der Waals surface area (Å²) < 4.78 is 18.6. The lowest BCUT2D eigenvalue weighted by Gasteiger charge is -2.36. The van der Waals surface area contributed by atoms with Crippen molar-refractivity contribution in [2.24, 2.45) is 0 Å². The molecular weight excluding hydrogens is 446 g/mol. The van der Waals surface area contributed by atoms with E-state index < -0.39 is 5.41 Å². The van der Waals surface area contributed by atoms with E-state index in [0.717, 1.165) is 33.5 Å². The van der Waals surface area contributed by atoms with Gasteiger partial charge in [-0.2, -0.15) is 0 Å². The van der Waals surface area contributed by atoms with Crippen molar-refractivity contribution >= 4 is 21.8 Å². The van der Waals surface area contributed by atoms with Gasteiger partial charge in [-0.25, -0.2) is 0 Å². The van der Waals surface area contributed by atoms with Gasteiger partial charge in [-0.05, 0) is 50.5 Å². The molecule has 4 rings (SSSR count). The van der Waals surface area contributed by atoms with Crippen LogP contribution < -0.4 is 14.8 Å². The maximum Gasteiger partial charge on any atom is 0.230 e. The molecule has 0 bridgehead atoms. The van der Waals surface area contributed by atoms with Crippen molar-refractivity contribution in [3.8, 4) is 11.5 Å². The first-order valence-corrected chi connectivity index (χ1v) is 11.2. The number of ether oxygens (including phenoxy) is 3. The molecule has 1 N–H and O–H groups in total. The number of nitrogens with one attached hydrogen (secondary N) is 1. The first-order chi connectivity index (χ1) is 14.4. The molecule has 2 aromatic carbocycles. The van der Waals surface area contributed by atoms with E-state index in [1.54, 1.807) is 0 Å². The molecule has 5 nitrogen and oxygen atoms in total. The largest absolute Gasteiger partial charge is 0.488 e. The highest BCUT2D eigenvalue weighted by Gasteiger charge is 2.41. The molecule has 0 unspecified atom stereocenters. The number of rotatable bonds is 6. The molecule has 2 aliphatic heterocycles. The summed E-state index contributed by atoms with van der Waals surface area (Å²) in [6.07, 6.45) is 2.22. The quantitative estimate of drug-likeness (QED) is 0.631. The van der Waals surface area contributed by atoms with E-state index in [2.05, 4.69) is 41.2 Å². The second kappa shape index (κ2) is 8.60. The Kier molecular flexibility index (Phi) is 6.07. The summed E-state index contributed by atoms with van der Waals surface area (Å²) in [7, 11) is 0. The van der Waals surface area contributed by atoms with Gasteiger partial charge >= 0.3 is 0 Å². The zero-order valence-corrected chi connectivity index (χ0v) is 19.1. The van der Waals surface area contributed by atoms with Crippen molar-refractivity contribution in [2.45, 2.75) is 44.1 Å². The van der Waals surface area contributed by atoms with Crippen molar-refractivity contribution in [3.05, 3.63) is 58.1 Å². The Labute approximate surface area is 186 Å². The monoisotopic (exact) mass is 473 g/mol. The molecule has 6 heteroatoms. The molecule has 0 radical (unpaired) electrons. The fraction of sp³-hybridized carbons (Fsp3) is 0.458. The van der Waals surface area contributed by atoms with Gasteiger partial charge in [-0.1, -0.05) is 40.2 Å². The summed E-state index contributed by atoms with van der Waals surface area (Å²) in [6.45, 7) is 6.15. The molecular formula is C24H28BrNO4. The van der Waals surface area contributed by atoms with Crippen LogP contribution in [0.25, 0.3) is 0 Å². The van der Waals surface area contributed by atoms with Gasteiger partial charge < -0.3 is 19.5 Å². The van der Waals surface area contributed by atoms with E-state index in [9.17, 15) is 4.79 Å². The number of para-hydroxylation sites is 1. The number of fused-ring (bicyclic) bond motifs is 1. The van der Waals surface area contributed by atoms with Crippen LogP contribution >= 0.6 is 15.9 Å². The highest BCUT2D eigenvalue weighted by molar-refractivity contribution is 9.10. The van der Waals surface area contributed by atoms with Gasteiger partial charge in [0.25, 0.3) is 0 Å². The third-order valence-corrected chi connectivity index (χ3v) is 6.41. The molecule has 1 saturated heterocycles. The van der Waals surface area contributed by atoms with Crippen LogP contribution in [0.2, 0.25) is 0 Å². The fourth-order valence-corrected chi connectivity index (χ4v) is 4.60. The van der Waals surface area contributed by atoms with E-state index in [4.69, 9.17) is 14.2 Å². The topological polar surface area (TPSA) is 56.8 Å². The summed E-state index contributed by atoms with van der Waals surface area (Å²) in [5.41, 5.74) is 1.43. The molecule has 160 valence electrons. The third kappa shape index (κ3) is 4.35. The van der Waals surface area contributed by atoms with Gasteiger partial charge in [0.1, 0.15) is 12.2 Å². The molecule has 1 amide bonds. The maximum absolute atomic E-state index is 13.2. The first-order valence-electron chi connectivity index (χ1n) is 10.5. The Morgan fingerprint density at radius 3 is 2.60 bits per heavy atom. The highest BCUT2D eigenvalue weighted by atomic mass is 79.9. The van der Waals surface area contributed by atoms with Crippen molar-refractivity contribution < 1.29 is 19.0 Å². The minimum Gasteiger partial charge on any atom is -0.488 e. The zero-order valence-electron chi connectivity index (χ0n) is 17.5. The van der Waals surface area contributed by atoms with Crippen molar-refractivity contribution in [2.75, 3.05) is 26.4 Å². The van der Waals surface area contributed by atoms with E-state index in [1.807, 2.05) is 36.4 Å². The van der Waals surface area contributed by atoms with Gasteiger partial charge in [0, 0.05) is 29.7 Å². The Bertz CT molecular complexity index is 904. The standard InChI is InChI=1S/C24H28BrNO4/c1-23(2)16-17-4-3-5-20(21(17)30-23)29-15-12-26-22(27)24(10-13-28-14-11-24)18-6-8-19(25)9-7-18/h3-9H,10-16H2,1-2H3,(H,26,27). The van der Waals surface area contributed by atoms with Crippen LogP contribution in [-0.4, -0.2) is 37.9 Å². The third-order valence-electron chi connectivity index (χ3n) is 5.88. The number of halogens is 1. The SMILES string of the molecule is CC1(C)Cc2cccc(OCCNC(=O)C3(c4ccc(Br)cc4)CCOCC3)c2O1. The minimum absolute atomic E-state index is 0.0346. The fourth-order valence-electron chi connectivity index (χ4n) is 4.33. The summed E-state index contributed by atoms with van der Waals surface area (Å²) in [4.78, 5) is 13.2. The van der Waals surface area contributed by atoms with Gasteiger partial charge in [0.2, 0.25) is 5.91 Å². The zero-order chi connectivity index (χ0) is 21.2. The van der Waals surface area contributed by atoms with Crippen LogP contribution in [0.3, 0.4) is 0 Å². The molecule has 30 heavy (non-hydrogen) atoms. The van der Waals surface area contributed by atoms with Crippen molar-refractivity contribution in [1.82, 2.24) is 5.32 Å². The number of amides is 1. The van der Waals surface area contributed by atoms with Crippen LogP contribution in [0, 0.1) is 0 Å². The lowest BCUT2D eigenvalue weighted by molar-refractivity contribution is -0.130. The summed E-state index contributed by atoms with van der Waals surface area (Å²) in [5, 5.41) is 3.09. The predicted octanol–water partition coefficient (Wildman–Crippen LogP) is 4.41. The van der Waals surface area contributed by atoms with Gasteiger partial charge in [0.05, 0.1) is 12.0 Å². The molecule has 0 spiro atoms. The van der Waals surface area contributed by atoms with Crippen molar-refractivity contribution in [1.29, 1.82) is 0 Å². The number of benzene rings is 2. The van der Waals surface area contributed by atoms with E-state index in [1.165, 1.54) is 0 Å². The van der Waals surface area contributed by atoms with Gasteiger partial charge in [-0.15, -0.1) is 0 Å². The first kappa shape index (κ1) is 21.2. The van der Waals surface area contributed by atoms with Crippen LogP contribution in [0.15, 0.2) is 46.9 Å². The number of hydrogen-bond acceptors (Lipinski definition) is 4. The Morgan fingerprint density at radius 1 is 1.13 bits per heavy atom. The molecule has 1 fully saturated rings. The Morgan fingerprint density at radius 2 is 1.87 bits per heavy atom. The molecule has 2 aliphatic rings. The second-order valence-corrected chi connectivity index (χ2v) is 9.50. The number of carbonyl (C=O) groups is 1. The highest BCUT2D eigenvalue weighted by Crippen LogP contribution is 2.41. The Hall–Kier alpha value is -2.05.